The lowest BCUT2D eigenvalue weighted by molar-refractivity contribution is 0.148. The molecule has 21 heavy (non-hydrogen) atoms. The summed E-state index contributed by atoms with van der Waals surface area (Å²) in [5.41, 5.74) is 3.17. The summed E-state index contributed by atoms with van der Waals surface area (Å²) in [5, 5.41) is 5.34. The van der Waals surface area contributed by atoms with Gasteiger partial charge in [-0.15, -0.1) is 0 Å². The van der Waals surface area contributed by atoms with E-state index in [1.54, 1.807) is 0 Å². The van der Waals surface area contributed by atoms with Crippen LogP contribution in [0.2, 0.25) is 5.15 Å². The van der Waals surface area contributed by atoms with E-state index in [9.17, 15) is 0 Å². The summed E-state index contributed by atoms with van der Waals surface area (Å²) in [7, 11) is 2.17. The van der Waals surface area contributed by atoms with Gasteiger partial charge in [0.25, 0.3) is 0 Å². The highest BCUT2D eigenvalue weighted by atomic mass is 35.5. The van der Waals surface area contributed by atoms with E-state index >= 15 is 0 Å². The molecule has 2 heterocycles. The molecule has 0 bridgehead atoms. The molecule has 1 aromatic carbocycles. The number of aromatic nitrogens is 2. The Kier molecular flexibility index (Phi) is 4.29. The molecule has 3 rings (SSSR count). The fraction of sp³-hybridized carbons (Fsp3) is 0.438. The Morgan fingerprint density at radius 3 is 2.43 bits per heavy atom. The number of para-hydroxylation sites is 1. The minimum Gasteiger partial charge on any atom is -0.304 e. The highest BCUT2D eigenvalue weighted by molar-refractivity contribution is 6.30. The van der Waals surface area contributed by atoms with E-state index in [-0.39, 0.29) is 0 Å². The zero-order valence-electron chi connectivity index (χ0n) is 12.6. The molecule has 0 atom stereocenters. The second kappa shape index (κ2) is 6.18. The summed E-state index contributed by atoms with van der Waals surface area (Å²) in [6.45, 7) is 7.32. The molecule has 4 nitrogen and oxygen atoms in total. The van der Waals surface area contributed by atoms with Crippen molar-refractivity contribution in [1.29, 1.82) is 0 Å². The predicted molar refractivity (Wildman–Crippen MR) is 86.1 cm³/mol. The smallest absolute Gasteiger partial charge is 0.137 e. The first-order chi connectivity index (χ1) is 10.1. The summed E-state index contributed by atoms with van der Waals surface area (Å²) in [5.74, 6) is 0. The van der Waals surface area contributed by atoms with Gasteiger partial charge < -0.3 is 4.90 Å². The summed E-state index contributed by atoms with van der Waals surface area (Å²) in [6, 6.07) is 10.1. The van der Waals surface area contributed by atoms with Crippen LogP contribution >= 0.6 is 11.6 Å². The third kappa shape index (κ3) is 3.12. The van der Waals surface area contributed by atoms with Gasteiger partial charge in [-0.05, 0) is 26.1 Å². The second-order valence-electron chi connectivity index (χ2n) is 5.68. The Hall–Kier alpha value is -1.36. The van der Waals surface area contributed by atoms with Crippen molar-refractivity contribution in [1.82, 2.24) is 19.6 Å². The quantitative estimate of drug-likeness (QED) is 0.871. The molecular weight excluding hydrogens is 284 g/mol. The van der Waals surface area contributed by atoms with Crippen molar-refractivity contribution in [2.24, 2.45) is 0 Å². The van der Waals surface area contributed by atoms with Gasteiger partial charge in [-0.1, -0.05) is 29.8 Å². The first-order valence-electron chi connectivity index (χ1n) is 7.35. The average molecular weight is 305 g/mol. The van der Waals surface area contributed by atoms with Crippen LogP contribution in [-0.4, -0.2) is 52.8 Å². The predicted octanol–water partition coefficient (Wildman–Crippen LogP) is 2.58. The van der Waals surface area contributed by atoms with Crippen LogP contribution < -0.4 is 0 Å². The van der Waals surface area contributed by atoms with E-state index in [1.807, 2.05) is 41.9 Å². The molecule has 2 aromatic rings. The summed E-state index contributed by atoms with van der Waals surface area (Å²) < 4.78 is 1.84. The first-order valence-corrected chi connectivity index (χ1v) is 7.73. The molecule has 0 aliphatic carbocycles. The maximum atomic E-state index is 6.58. The fourth-order valence-corrected chi connectivity index (χ4v) is 3.01. The largest absolute Gasteiger partial charge is 0.304 e. The first kappa shape index (κ1) is 14.6. The van der Waals surface area contributed by atoms with Crippen molar-refractivity contribution in [3.05, 3.63) is 46.7 Å². The number of rotatable bonds is 3. The SMILES string of the molecule is Cc1nn(-c2ccccc2)c(Cl)c1CN1CCN(C)CC1. The zero-order chi connectivity index (χ0) is 14.8. The Bertz CT molecular complexity index is 600. The molecule has 112 valence electrons. The van der Waals surface area contributed by atoms with Crippen LogP contribution in [0.4, 0.5) is 0 Å². The lowest BCUT2D eigenvalue weighted by atomic mass is 10.2. The van der Waals surface area contributed by atoms with Crippen molar-refractivity contribution >= 4 is 11.6 Å². The van der Waals surface area contributed by atoms with Crippen molar-refractivity contribution < 1.29 is 0 Å². The van der Waals surface area contributed by atoms with Crippen LogP contribution in [0.5, 0.6) is 0 Å². The van der Waals surface area contributed by atoms with Crippen LogP contribution in [0.1, 0.15) is 11.3 Å². The standard InChI is InChI=1S/C16H21ClN4/c1-13-15(12-20-10-8-19(2)9-11-20)16(17)21(18-13)14-6-4-3-5-7-14/h3-7H,8-12H2,1-2H3. The number of halogens is 1. The number of nitrogens with zero attached hydrogens (tertiary/aromatic N) is 4. The topological polar surface area (TPSA) is 24.3 Å². The molecule has 0 spiro atoms. The maximum absolute atomic E-state index is 6.58. The number of likely N-dealkylation sites (N-methyl/N-ethyl adjacent to an activating group) is 1. The van der Waals surface area contributed by atoms with E-state index in [0.717, 1.165) is 54.8 Å². The Morgan fingerprint density at radius 1 is 1.10 bits per heavy atom. The van der Waals surface area contributed by atoms with Crippen molar-refractivity contribution in [3.8, 4) is 5.69 Å². The number of hydrogen-bond donors (Lipinski definition) is 0. The Morgan fingerprint density at radius 2 is 1.76 bits per heavy atom. The van der Waals surface area contributed by atoms with Gasteiger partial charge in [0.1, 0.15) is 5.15 Å². The van der Waals surface area contributed by atoms with Crippen LogP contribution in [0.25, 0.3) is 5.69 Å². The van der Waals surface area contributed by atoms with Crippen LogP contribution in [-0.2, 0) is 6.54 Å². The summed E-state index contributed by atoms with van der Waals surface area (Å²) >= 11 is 6.58. The van der Waals surface area contributed by atoms with Crippen molar-refractivity contribution in [2.45, 2.75) is 13.5 Å². The third-order valence-electron chi connectivity index (χ3n) is 4.10. The molecule has 0 N–H and O–H groups in total. The number of piperazine rings is 1. The molecular formula is C16H21ClN4. The van der Waals surface area contributed by atoms with Gasteiger partial charge in [-0.2, -0.15) is 5.10 Å². The molecule has 0 radical (unpaired) electrons. The molecule has 1 aliphatic rings. The van der Waals surface area contributed by atoms with Gasteiger partial charge in [0.2, 0.25) is 0 Å². The average Bonchev–Trinajstić information content (AvgIpc) is 2.78. The van der Waals surface area contributed by atoms with Crippen LogP contribution in [0.15, 0.2) is 30.3 Å². The molecule has 1 fully saturated rings. The van der Waals surface area contributed by atoms with E-state index < -0.39 is 0 Å². The van der Waals surface area contributed by atoms with Gasteiger partial charge >= 0.3 is 0 Å². The van der Waals surface area contributed by atoms with Crippen LogP contribution in [0, 0.1) is 6.92 Å². The van der Waals surface area contributed by atoms with Gasteiger partial charge in [0.05, 0.1) is 11.4 Å². The molecule has 1 aliphatic heterocycles. The zero-order valence-corrected chi connectivity index (χ0v) is 13.3. The van der Waals surface area contributed by atoms with E-state index in [2.05, 4.69) is 21.9 Å². The van der Waals surface area contributed by atoms with Gasteiger partial charge in [-0.3, -0.25) is 4.90 Å². The molecule has 0 amide bonds. The van der Waals surface area contributed by atoms with Crippen LogP contribution in [0.3, 0.4) is 0 Å². The Labute approximate surface area is 130 Å². The summed E-state index contributed by atoms with van der Waals surface area (Å²) in [4.78, 5) is 4.81. The minimum absolute atomic E-state index is 0.734. The van der Waals surface area contributed by atoms with Gasteiger partial charge in [0.15, 0.2) is 0 Å². The third-order valence-corrected chi connectivity index (χ3v) is 4.49. The lowest BCUT2D eigenvalue weighted by Crippen LogP contribution is -2.43. The van der Waals surface area contributed by atoms with Crippen molar-refractivity contribution in [2.75, 3.05) is 33.2 Å². The van der Waals surface area contributed by atoms with E-state index in [0.29, 0.717) is 0 Å². The van der Waals surface area contributed by atoms with Gasteiger partial charge in [-0.25, -0.2) is 4.68 Å². The summed E-state index contributed by atoms with van der Waals surface area (Å²) in [6.07, 6.45) is 0. The second-order valence-corrected chi connectivity index (χ2v) is 6.04. The van der Waals surface area contributed by atoms with E-state index in [4.69, 9.17) is 11.6 Å². The maximum Gasteiger partial charge on any atom is 0.137 e. The lowest BCUT2D eigenvalue weighted by Gasteiger charge is -2.32. The number of aryl methyl sites for hydroxylation is 1. The molecule has 0 unspecified atom stereocenters. The van der Waals surface area contributed by atoms with E-state index in [1.165, 1.54) is 0 Å². The number of hydrogen-bond acceptors (Lipinski definition) is 3. The Balaban J connectivity index is 1.82. The highest BCUT2D eigenvalue weighted by Gasteiger charge is 2.20. The fourth-order valence-electron chi connectivity index (χ4n) is 2.68. The molecule has 1 aromatic heterocycles. The molecule has 1 saturated heterocycles. The molecule has 5 heteroatoms. The monoisotopic (exact) mass is 304 g/mol. The normalized spacial score (nSPS) is 17.3. The minimum atomic E-state index is 0.734. The number of benzene rings is 1. The van der Waals surface area contributed by atoms with Crippen molar-refractivity contribution in [3.63, 3.8) is 0 Å². The van der Waals surface area contributed by atoms with Gasteiger partial charge in [0, 0.05) is 38.3 Å². The highest BCUT2D eigenvalue weighted by Crippen LogP contribution is 2.25. The molecule has 0 saturated carbocycles.